The lowest BCUT2D eigenvalue weighted by molar-refractivity contribution is -0.876. The molecule has 1 aromatic heterocycles. The summed E-state index contributed by atoms with van der Waals surface area (Å²) in [6, 6.07) is -1.06. The molecule has 2 amide bonds. The highest BCUT2D eigenvalue weighted by Crippen LogP contribution is 2.40. The van der Waals surface area contributed by atoms with E-state index in [1.807, 2.05) is 14.1 Å². The van der Waals surface area contributed by atoms with Crippen LogP contribution in [0, 0.1) is 0 Å². The number of nitrogen functional groups attached to an aromatic ring is 1. The third-order valence-electron chi connectivity index (χ3n) is 5.13. The lowest BCUT2D eigenvalue weighted by Gasteiger charge is -2.49. The minimum atomic E-state index is -1.31. The number of nitrogens with zero attached hydrogens (tertiary/aromatic N) is 5. The third kappa shape index (κ3) is 6.06. The second kappa shape index (κ2) is 11.1. The van der Waals surface area contributed by atoms with Crippen molar-refractivity contribution in [3.8, 4) is 0 Å². The van der Waals surface area contributed by atoms with Crippen molar-refractivity contribution in [3.05, 3.63) is 29.2 Å². The van der Waals surface area contributed by atoms with Crippen molar-refractivity contribution in [2.75, 3.05) is 45.5 Å². The Morgan fingerprint density at radius 1 is 1.42 bits per heavy atom. The molecule has 0 saturated carbocycles. The van der Waals surface area contributed by atoms with Gasteiger partial charge in [0.05, 0.1) is 20.6 Å². The molecule has 194 valence electrons. The van der Waals surface area contributed by atoms with E-state index in [4.69, 9.17) is 5.73 Å². The topological polar surface area (TPSA) is 177 Å². The summed E-state index contributed by atoms with van der Waals surface area (Å²) >= 11 is 2.06. The molecule has 0 aliphatic carbocycles. The molecule has 0 aromatic carbocycles. The number of aromatic nitrogens is 2. The zero-order chi connectivity index (χ0) is 26.6. The van der Waals surface area contributed by atoms with Crippen LogP contribution < -0.4 is 11.1 Å². The Kier molecular flexibility index (Phi) is 8.42. The van der Waals surface area contributed by atoms with Gasteiger partial charge in [-0.05, 0) is 11.6 Å². The minimum Gasteiger partial charge on any atom is -0.477 e. The molecule has 3 heterocycles. The van der Waals surface area contributed by atoms with Crippen molar-refractivity contribution in [2.45, 2.75) is 18.3 Å². The zero-order valence-corrected chi connectivity index (χ0v) is 21.3. The van der Waals surface area contributed by atoms with E-state index in [1.54, 1.807) is 12.2 Å². The number of anilines is 1. The molecule has 2 atom stereocenters. The van der Waals surface area contributed by atoms with E-state index in [-0.39, 0.29) is 28.2 Å². The SMILES string of the molecule is CC(=O)C[N+](C)(C)CC=CC1=C(C(=O)O)N2C(=O)[C@@H](NC(=O)C(=NOCF)c3nsc(N)n3)[C@@H]2SC1. The number of rotatable bonds is 11. The maximum Gasteiger partial charge on any atom is 0.352 e. The highest BCUT2D eigenvalue weighted by Gasteiger charge is 2.54. The van der Waals surface area contributed by atoms with Gasteiger partial charge in [0, 0.05) is 24.2 Å². The molecule has 13 nitrogen and oxygen atoms in total. The monoisotopic (exact) mass is 542 g/mol. The van der Waals surface area contributed by atoms with E-state index in [9.17, 15) is 28.7 Å². The predicted molar refractivity (Wildman–Crippen MR) is 129 cm³/mol. The minimum absolute atomic E-state index is 0.0349. The van der Waals surface area contributed by atoms with Crippen LogP contribution in [0.3, 0.4) is 0 Å². The van der Waals surface area contributed by atoms with Crippen LogP contribution in [-0.4, -0.2) is 104 Å². The number of allylic oxidation sites excluding steroid dienone is 1. The summed E-state index contributed by atoms with van der Waals surface area (Å²) in [7, 11) is 3.75. The first-order valence-corrected chi connectivity index (χ1v) is 12.3. The normalized spacial score (nSPS) is 20.3. The predicted octanol–water partition coefficient (Wildman–Crippen LogP) is -0.272. The van der Waals surface area contributed by atoms with Crippen molar-refractivity contribution < 1.29 is 38.0 Å². The second-order valence-corrected chi connectivity index (χ2v) is 10.4. The number of carbonyl (C=O) groups excluding carboxylic acids is 3. The number of halogens is 1. The number of amides is 2. The first kappa shape index (κ1) is 27.2. The van der Waals surface area contributed by atoms with Gasteiger partial charge in [-0.1, -0.05) is 11.2 Å². The Labute approximate surface area is 213 Å². The van der Waals surface area contributed by atoms with Crippen LogP contribution in [0.1, 0.15) is 12.7 Å². The van der Waals surface area contributed by atoms with Gasteiger partial charge in [0.1, 0.15) is 23.7 Å². The number of alkyl halides is 1. The number of Topliss-reactive ketones (excluding diaryl/α,β-unsaturated/α-hetero) is 1. The van der Waals surface area contributed by atoms with Gasteiger partial charge in [0.2, 0.25) is 11.5 Å². The summed E-state index contributed by atoms with van der Waals surface area (Å²) in [5.41, 5.74) is 5.31. The van der Waals surface area contributed by atoms with Gasteiger partial charge < -0.3 is 25.5 Å². The van der Waals surface area contributed by atoms with E-state index in [1.165, 1.54) is 18.7 Å². The van der Waals surface area contributed by atoms with Crippen LogP contribution in [0.5, 0.6) is 0 Å². The summed E-state index contributed by atoms with van der Waals surface area (Å²) in [6.07, 6.45) is 3.41. The molecular formula is C20H25FN7O6S2+. The Morgan fingerprint density at radius 3 is 2.72 bits per heavy atom. The average Bonchev–Trinajstić information content (AvgIpc) is 3.21. The number of carboxylic acids is 1. The number of carbonyl (C=O) groups is 4. The highest BCUT2D eigenvalue weighted by atomic mass is 32.2. The molecule has 0 unspecified atom stereocenters. The van der Waals surface area contributed by atoms with Gasteiger partial charge >= 0.3 is 5.97 Å². The fraction of sp³-hybridized carbons (Fsp3) is 0.450. The maximum absolute atomic E-state index is 12.9. The summed E-state index contributed by atoms with van der Waals surface area (Å²) in [5, 5.41) is 15.0. The fourth-order valence-electron chi connectivity index (χ4n) is 3.73. The molecule has 3 rings (SSSR count). The summed E-state index contributed by atoms with van der Waals surface area (Å²) in [4.78, 5) is 58.3. The summed E-state index contributed by atoms with van der Waals surface area (Å²) < 4.78 is 16.7. The Morgan fingerprint density at radius 2 is 2.14 bits per heavy atom. The van der Waals surface area contributed by atoms with Crippen molar-refractivity contribution in [3.63, 3.8) is 0 Å². The molecule has 0 radical (unpaired) electrons. The quantitative estimate of drug-likeness (QED) is 0.146. The largest absolute Gasteiger partial charge is 0.477 e. The van der Waals surface area contributed by atoms with Gasteiger partial charge in [-0.15, -0.1) is 11.8 Å². The number of nitrogens with two attached hydrogens (primary N) is 1. The van der Waals surface area contributed by atoms with Gasteiger partial charge in [0.25, 0.3) is 18.7 Å². The Balaban J connectivity index is 1.76. The van der Waals surface area contributed by atoms with Crippen LogP contribution in [0.15, 0.2) is 28.6 Å². The number of hydrogen-bond donors (Lipinski definition) is 3. The molecule has 16 heteroatoms. The van der Waals surface area contributed by atoms with Crippen molar-refractivity contribution >= 4 is 57.7 Å². The number of oxime groups is 1. The van der Waals surface area contributed by atoms with E-state index < -0.39 is 41.8 Å². The second-order valence-electron chi connectivity index (χ2n) is 8.56. The van der Waals surface area contributed by atoms with E-state index in [2.05, 4.69) is 24.7 Å². The average molecular weight is 543 g/mol. The molecule has 2 aliphatic heterocycles. The number of hydrogen-bond acceptors (Lipinski definition) is 11. The highest BCUT2D eigenvalue weighted by molar-refractivity contribution is 8.00. The van der Waals surface area contributed by atoms with Gasteiger partial charge in [-0.3, -0.25) is 19.3 Å². The van der Waals surface area contributed by atoms with Gasteiger partial charge in [-0.25, -0.2) is 9.18 Å². The van der Waals surface area contributed by atoms with E-state index in [0.717, 1.165) is 16.4 Å². The smallest absolute Gasteiger partial charge is 0.352 e. The first-order chi connectivity index (χ1) is 16.9. The number of ketones is 1. The number of β-lactam (4-membered cyclic amide) rings is 1. The number of fused-ring (bicyclic) bond motifs is 1. The van der Waals surface area contributed by atoms with Crippen LogP contribution in [-0.2, 0) is 24.0 Å². The summed E-state index contributed by atoms with van der Waals surface area (Å²) in [5.74, 6) is -2.71. The van der Waals surface area contributed by atoms with Crippen LogP contribution in [0.25, 0.3) is 0 Å². The summed E-state index contributed by atoms with van der Waals surface area (Å²) in [6.45, 7) is 1.000. The van der Waals surface area contributed by atoms with Crippen molar-refractivity contribution in [2.24, 2.45) is 5.16 Å². The maximum atomic E-state index is 12.9. The molecule has 2 aliphatic rings. The zero-order valence-electron chi connectivity index (χ0n) is 19.6. The van der Waals surface area contributed by atoms with Crippen LogP contribution in [0.4, 0.5) is 9.52 Å². The van der Waals surface area contributed by atoms with Crippen molar-refractivity contribution in [1.29, 1.82) is 0 Å². The van der Waals surface area contributed by atoms with Gasteiger partial charge in [0.15, 0.2) is 10.9 Å². The van der Waals surface area contributed by atoms with E-state index in [0.29, 0.717) is 23.1 Å². The molecule has 0 bridgehead atoms. The van der Waals surface area contributed by atoms with Crippen LogP contribution in [0.2, 0.25) is 0 Å². The number of thioether (sulfide) groups is 1. The van der Waals surface area contributed by atoms with E-state index >= 15 is 0 Å². The molecule has 36 heavy (non-hydrogen) atoms. The standard InChI is InChI=1S/C20H24FN7O6S2/c1-10(29)7-28(2,3)6-4-5-11-8-35-18-13(17(31)27(18)14(11)19(32)33)23-16(30)12(25-34-9-21)15-24-20(22)36-26-15/h4-5,13,18H,6-9H2,1-3H3,(H3-,22,23,24,26,30,32,33)/p+1/t13-,18+/m1/s1. The van der Waals surface area contributed by atoms with Crippen LogP contribution >= 0.6 is 23.3 Å². The number of likely N-dealkylation sites (N-methyl/N-ethyl adjacent to an activating group) is 1. The number of carboxylic acid groups (broad SMARTS) is 1. The number of nitrogens with one attached hydrogen (secondary N) is 1. The van der Waals surface area contributed by atoms with Crippen molar-refractivity contribution in [1.82, 2.24) is 19.6 Å². The Bertz CT molecular complexity index is 1170. The Hall–Kier alpha value is -3.37. The number of aliphatic carboxylic acids is 1. The first-order valence-electron chi connectivity index (χ1n) is 10.5. The number of quaternary nitrogens is 1. The molecule has 1 aromatic rings. The molecule has 4 N–H and O–H groups in total. The lowest BCUT2D eigenvalue weighted by Crippen LogP contribution is -2.71. The molecule has 0 spiro atoms. The molecule has 1 saturated heterocycles. The fourth-order valence-corrected chi connectivity index (χ4v) is 5.49. The molecular weight excluding hydrogens is 517 g/mol. The lowest BCUT2D eigenvalue weighted by atomic mass is 10.0. The molecule has 1 fully saturated rings. The van der Waals surface area contributed by atoms with Gasteiger partial charge in [-0.2, -0.15) is 9.36 Å². The third-order valence-corrected chi connectivity index (χ3v) is 6.97.